The van der Waals surface area contributed by atoms with Gasteiger partial charge in [0, 0.05) is 56.0 Å². The smallest absolute Gasteiger partial charge is 0.270 e. The number of benzene rings is 2. The minimum Gasteiger partial charge on any atom is -0.367 e. The molecule has 0 unspecified atom stereocenters. The lowest BCUT2D eigenvalue weighted by molar-refractivity contribution is 0.0171. The first-order chi connectivity index (χ1) is 15.6. The Hall–Kier alpha value is -3.31. The van der Waals surface area contributed by atoms with Crippen LogP contribution in [0.25, 0.3) is 5.57 Å². The molecule has 0 bridgehead atoms. The van der Waals surface area contributed by atoms with Gasteiger partial charge in [0.15, 0.2) is 0 Å². The van der Waals surface area contributed by atoms with Gasteiger partial charge >= 0.3 is 0 Å². The van der Waals surface area contributed by atoms with E-state index in [4.69, 9.17) is 0 Å². The molecular formula is C25H24F4N4. The average molecular weight is 456 g/mol. The van der Waals surface area contributed by atoms with E-state index in [2.05, 4.69) is 11.5 Å². The largest absolute Gasteiger partial charge is 0.367 e. The Kier molecular flexibility index (Phi) is 5.93. The maximum Gasteiger partial charge on any atom is 0.270 e. The van der Waals surface area contributed by atoms with Crippen molar-refractivity contribution in [2.24, 2.45) is 0 Å². The highest BCUT2D eigenvalue weighted by atomic mass is 19.3. The van der Waals surface area contributed by atoms with Crippen LogP contribution in [0.15, 0.2) is 48.7 Å². The molecule has 2 aliphatic heterocycles. The average Bonchev–Trinajstić information content (AvgIpc) is 2.76. The monoisotopic (exact) mass is 456 g/mol. The maximum atomic E-state index is 15.1. The zero-order valence-electron chi connectivity index (χ0n) is 18.5. The van der Waals surface area contributed by atoms with Crippen molar-refractivity contribution in [2.45, 2.75) is 19.4 Å². The van der Waals surface area contributed by atoms with Gasteiger partial charge in [-0.05, 0) is 30.8 Å². The molecule has 0 radical (unpaired) electrons. The van der Waals surface area contributed by atoms with Crippen molar-refractivity contribution in [3.8, 4) is 6.07 Å². The molecule has 4 rings (SSSR count). The number of hydrogen-bond acceptors (Lipinski definition) is 4. The molecule has 4 nitrogen and oxygen atoms in total. The molecule has 2 aromatic carbocycles. The fraction of sp³-hybridized carbons (Fsp3) is 0.320. The normalized spacial score (nSPS) is 17.0. The summed E-state index contributed by atoms with van der Waals surface area (Å²) in [7, 11) is 2.01. The van der Waals surface area contributed by atoms with Gasteiger partial charge in [-0.25, -0.2) is 17.6 Å². The van der Waals surface area contributed by atoms with Gasteiger partial charge in [-0.1, -0.05) is 18.7 Å². The number of anilines is 2. The van der Waals surface area contributed by atoms with Crippen molar-refractivity contribution in [2.75, 3.05) is 43.0 Å². The number of rotatable bonds is 4. The van der Waals surface area contributed by atoms with Gasteiger partial charge in [-0.2, -0.15) is 5.26 Å². The molecule has 0 N–H and O–H groups in total. The van der Waals surface area contributed by atoms with E-state index in [-0.39, 0.29) is 17.7 Å². The molecule has 1 saturated heterocycles. The third-order valence-electron chi connectivity index (χ3n) is 6.17. The van der Waals surface area contributed by atoms with Crippen LogP contribution in [0.5, 0.6) is 0 Å². The van der Waals surface area contributed by atoms with Crippen LogP contribution in [0.2, 0.25) is 0 Å². The highest BCUT2D eigenvalue weighted by Gasteiger charge is 2.28. The minimum atomic E-state index is -3.16. The number of halogens is 4. The number of likely N-dealkylation sites (N-methyl/N-ethyl adjacent to an activating group) is 1. The lowest BCUT2D eigenvalue weighted by atomic mass is 9.94. The van der Waals surface area contributed by atoms with E-state index in [0.717, 1.165) is 19.2 Å². The molecule has 0 amide bonds. The zero-order valence-corrected chi connectivity index (χ0v) is 18.5. The van der Waals surface area contributed by atoms with E-state index in [0.29, 0.717) is 42.5 Å². The van der Waals surface area contributed by atoms with E-state index in [1.165, 1.54) is 24.4 Å². The van der Waals surface area contributed by atoms with Crippen LogP contribution in [-0.2, 0) is 12.5 Å². The number of allylic oxidation sites excluding steroid dienone is 2. The lowest BCUT2D eigenvalue weighted by Crippen LogP contribution is -2.44. The predicted octanol–water partition coefficient (Wildman–Crippen LogP) is 5.27. The number of fused-ring (bicyclic) bond motifs is 1. The summed E-state index contributed by atoms with van der Waals surface area (Å²) >= 11 is 0. The van der Waals surface area contributed by atoms with E-state index in [9.17, 15) is 18.4 Å². The lowest BCUT2D eigenvalue weighted by Gasteiger charge is -2.36. The summed E-state index contributed by atoms with van der Waals surface area (Å²) in [5, 5.41) is 9.53. The van der Waals surface area contributed by atoms with Gasteiger partial charge < -0.3 is 14.7 Å². The van der Waals surface area contributed by atoms with Crippen molar-refractivity contribution in [3.05, 3.63) is 77.0 Å². The van der Waals surface area contributed by atoms with E-state index in [1.807, 2.05) is 18.0 Å². The molecule has 1 fully saturated rings. The summed E-state index contributed by atoms with van der Waals surface area (Å²) in [6.07, 6.45) is 1.54. The number of hydrogen-bond donors (Lipinski definition) is 0. The van der Waals surface area contributed by atoms with Crippen LogP contribution in [0, 0.1) is 23.0 Å². The molecule has 0 saturated carbocycles. The Morgan fingerprint density at radius 3 is 2.33 bits per heavy atom. The fourth-order valence-corrected chi connectivity index (χ4v) is 4.13. The second-order valence-corrected chi connectivity index (χ2v) is 8.57. The Bertz CT molecular complexity index is 1170. The summed E-state index contributed by atoms with van der Waals surface area (Å²) in [5.74, 6) is -4.34. The van der Waals surface area contributed by atoms with Crippen LogP contribution < -0.4 is 9.80 Å². The van der Waals surface area contributed by atoms with Crippen LogP contribution >= 0.6 is 0 Å². The first-order valence-corrected chi connectivity index (χ1v) is 10.6. The van der Waals surface area contributed by atoms with Crippen LogP contribution in [0.3, 0.4) is 0 Å². The van der Waals surface area contributed by atoms with Crippen LogP contribution in [-0.4, -0.2) is 38.1 Å². The summed E-state index contributed by atoms with van der Waals surface area (Å²) in [5.41, 5.74) is 1.83. The summed E-state index contributed by atoms with van der Waals surface area (Å²) in [6.45, 7) is 7.55. The van der Waals surface area contributed by atoms with Crippen molar-refractivity contribution >= 4 is 16.9 Å². The molecule has 0 atom stereocenters. The first kappa shape index (κ1) is 22.9. The number of nitriles is 1. The van der Waals surface area contributed by atoms with Gasteiger partial charge in [-0.3, -0.25) is 0 Å². The standard InChI is InChI=1S/C25H24F4N4/c1-16-18(13-30)15-33(14-17-4-5-19(10-21(17)26)25(2,28)29)23-12-24(22(27)11-20(16)23)32-8-6-31(3)7-9-32/h4-5,10-12,15H,1,6-9,14H2,2-3H3. The molecule has 0 aliphatic carbocycles. The van der Waals surface area contributed by atoms with Crippen LogP contribution in [0.1, 0.15) is 23.6 Å². The topological polar surface area (TPSA) is 33.5 Å². The van der Waals surface area contributed by atoms with E-state index >= 15 is 4.39 Å². The number of piperazine rings is 1. The molecule has 172 valence electrons. The molecule has 0 aromatic heterocycles. The second-order valence-electron chi connectivity index (χ2n) is 8.57. The Labute approximate surface area is 190 Å². The molecule has 2 aromatic rings. The van der Waals surface area contributed by atoms with Gasteiger partial charge in [0.1, 0.15) is 17.7 Å². The first-order valence-electron chi connectivity index (χ1n) is 10.6. The predicted molar refractivity (Wildman–Crippen MR) is 121 cm³/mol. The quantitative estimate of drug-likeness (QED) is 0.587. The summed E-state index contributed by atoms with van der Waals surface area (Å²) < 4.78 is 56.9. The van der Waals surface area contributed by atoms with E-state index in [1.54, 1.807) is 11.0 Å². The third-order valence-corrected chi connectivity index (χ3v) is 6.17. The number of nitrogens with zero attached hydrogens (tertiary/aromatic N) is 4. The van der Waals surface area contributed by atoms with Crippen LogP contribution in [0.4, 0.5) is 28.9 Å². The summed E-state index contributed by atoms with van der Waals surface area (Å²) in [4.78, 5) is 5.76. The fourth-order valence-electron chi connectivity index (χ4n) is 4.13. The van der Waals surface area contributed by atoms with Gasteiger partial charge in [0.05, 0.1) is 23.5 Å². The molecular weight excluding hydrogens is 432 g/mol. The Morgan fingerprint density at radius 1 is 1.03 bits per heavy atom. The highest BCUT2D eigenvalue weighted by molar-refractivity contribution is 5.92. The molecule has 8 heteroatoms. The molecule has 2 heterocycles. The number of alkyl halides is 2. The van der Waals surface area contributed by atoms with Crippen molar-refractivity contribution < 1.29 is 17.6 Å². The second kappa shape index (κ2) is 8.56. The third kappa shape index (κ3) is 4.46. The summed E-state index contributed by atoms with van der Waals surface area (Å²) in [6, 6.07) is 8.43. The van der Waals surface area contributed by atoms with Gasteiger partial charge in [-0.15, -0.1) is 0 Å². The SMILES string of the molecule is C=C1C(C#N)=CN(Cc2ccc(C(C)(F)F)cc2F)c2cc(N3CCN(C)CC3)c(F)cc21. The highest BCUT2D eigenvalue weighted by Crippen LogP contribution is 2.41. The van der Waals surface area contributed by atoms with Gasteiger partial charge in [0.25, 0.3) is 5.92 Å². The Balaban J connectivity index is 1.73. The van der Waals surface area contributed by atoms with Crippen molar-refractivity contribution in [1.29, 1.82) is 5.26 Å². The van der Waals surface area contributed by atoms with Crippen molar-refractivity contribution in [3.63, 3.8) is 0 Å². The Morgan fingerprint density at radius 2 is 1.73 bits per heavy atom. The minimum absolute atomic E-state index is 0.0132. The van der Waals surface area contributed by atoms with Crippen molar-refractivity contribution in [1.82, 2.24) is 4.90 Å². The molecule has 2 aliphatic rings. The molecule has 0 spiro atoms. The zero-order chi connectivity index (χ0) is 23.9. The maximum absolute atomic E-state index is 15.1. The van der Waals surface area contributed by atoms with Gasteiger partial charge in [0.2, 0.25) is 0 Å². The molecule has 33 heavy (non-hydrogen) atoms. The van der Waals surface area contributed by atoms with E-state index < -0.39 is 23.1 Å².